The zero-order chi connectivity index (χ0) is 19.6. The van der Waals surface area contributed by atoms with Gasteiger partial charge in [0.1, 0.15) is 0 Å². The number of rotatable bonds is 5. The van der Waals surface area contributed by atoms with Crippen LogP contribution in [0, 0.1) is 0 Å². The highest BCUT2D eigenvalue weighted by molar-refractivity contribution is 6.34. The molecule has 3 rings (SSSR count). The highest BCUT2D eigenvalue weighted by Crippen LogP contribution is 2.47. The van der Waals surface area contributed by atoms with Crippen LogP contribution in [0.3, 0.4) is 0 Å². The molecule has 0 aliphatic heterocycles. The summed E-state index contributed by atoms with van der Waals surface area (Å²) in [5, 5.41) is 0.704. The predicted molar refractivity (Wildman–Crippen MR) is 117 cm³/mol. The quantitative estimate of drug-likeness (QED) is 0.508. The maximum atomic E-state index is 6.98. The topological polar surface area (TPSA) is 32.5 Å². The molecule has 0 radical (unpaired) electrons. The minimum absolute atomic E-state index is 0.570. The molecule has 0 spiro atoms. The summed E-state index contributed by atoms with van der Waals surface area (Å²) < 4.78 is 0. The lowest BCUT2D eigenvalue weighted by Gasteiger charge is -2.43. The van der Waals surface area contributed by atoms with Crippen LogP contribution in [0.5, 0.6) is 0 Å². The van der Waals surface area contributed by atoms with E-state index < -0.39 is 5.54 Å². The zero-order valence-corrected chi connectivity index (χ0v) is 17.0. The van der Waals surface area contributed by atoms with Crippen molar-refractivity contribution >= 4 is 23.0 Å². The smallest absolute Gasteiger partial charge is 0.0983 e. The first kappa shape index (κ1) is 19.3. The van der Waals surface area contributed by atoms with Crippen LogP contribution in [0.2, 0.25) is 5.02 Å². The molecule has 0 atom stereocenters. The van der Waals surface area contributed by atoms with E-state index in [1.54, 1.807) is 0 Å². The number of halogens is 1. The summed E-state index contributed by atoms with van der Waals surface area (Å²) in [6.45, 7) is 0. The lowest BCUT2D eigenvalue weighted by molar-refractivity contribution is 0.247. The molecule has 0 aliphatic rings. The first-order valence-electron chi connectivity index (χ1n) is 8.94. The number of benzene rings is 3. The van der Waals surface area contributed by atoms with E-state index in [2.05, 4.69) is 67.5 Å². The molecular formula is C23H26ClN3. The second-order valence-electron chi connectivity index (χ2n) is 7.13. The molecule has 3 aromatic carbocycles. The monoisotopic (exact) mass is 379 g/mol. The number of nitrogen functional groups attached to an aromatic ring is 1. The van der Waals surface area contributed by atoms with Gasteiger partial charge in [0.2, 0.25) is 0 Å². The fraction of sp³-hybridized carbons (Fsp3) is 0.217. The van der Waals surface area contributed by atoms with Crippen molar-refractivity contribution in [2.75, 3.05) is 38.8 Å². The van der Waals surface area contributed by atoms with Crippen molar-refractivity contribution in [3.05, 3.63) is 94.5 Å². The van der Waals surface area contributed by atoms with Crippen molar-refractivity contribution in [2.45, 2.75) is 5.54 Å². The second kappa shape index (κ2) is 7.63. The van der Waals surface area contributed by atoms with Crippen LogP contribution in [0.15, 0.2) is 72.8 Å². The minimum atomic E-state index is -0.570. The summed E-state index contributed by atoms with van der Waals surface area (Å²) in [7, 11) is 8.11. The Bertz CT molecular complexity index is 866. The summed E-state index contributed by atoms with van der Waals surface area (Å²) >= 11 is 6.98. The van der Waals surface area contributed by atoms with Gasteiger partial charge in [0.05, 0.1) is 16.2 Å². The number of nitrogens with zero attached hydrogens (tertiary/aromatic N) is 2. The number of anilines is 2. The van der Waals surface area contributed by atoms with Gasteiger partial charge in [-0.15, -0.1) is 0 Å². The van der Waals surface area contributed by atoms with Crippen LogP contribution < -0.4 is 10.6 Å². The maximum absolute atomic E-state index is 6.98. The molecule has 0 aliphatic carbocycles. The number of hydrogen-bond donors (Lipinski definition) is 1. The molecule has 4 heteroatoms. The Kier molecular flexibility index (Phi) is 5.45. The number of nitrogens with two attached hydrogens (primary N) is 1. The largest absolute Gasteiger partial charge is 0.399 e. The van der Waals surface area contributed by atoms with Crippen molar-refractivity contribution in [2.24, 2.45) is 0 Å². The summed E-state index contributed by atoms with van der Waals surface area (Å²) in [6.07, 6.45) is 0. The summed E-state index contributed by atoms with van der Waals surface area (Å²) in [5.41, 5.74) is 10.6. The van der Waals surface area contributed by atoms with Crippen molar-refractivity contribution in [3.8, 4) is 0 Å². The maximum Gasteiger partial charge on any atom is 0.0983 e. The molecule has 0 heterocycles. The molecule has 0 bridgehead atoms. The van der Waals surface area contributed by atoms with Crippen molar-refractivity contribution in [3.63, 3.8) is 0 Å². The Hall–Kier alpha value is -2.49. The van der Waals surface area contributed by atoms with Gasteiger partial charge in [-0.2, -0.15) is 0 Å². The zero-order valence-electron chi connectivity index (χ0n) is 16.3. The fourth-order valence-electron chi connectivity index (χ4n) is 3.81. The summed E-state index contributed by atoms with van der Waals surface area (Å²) in [5.74, 6) is 0. The average molecular weight is 380 g/mol. The lowest BCUT2D eigenvalue weighted by atomic mass is 9.75. The highest BCUT2D eigenvalue weighted by Gasteiger charge is 2.41. The second-order valence-corrected chi connectivity index (χ2v) is 7.51. The van der Waals surface area contributed by atoms with Crippen molar-refractivity contribution in [1.29, 1.82) is 0 Å². The highest BCUT2D eigenvalue weighted by atomic mass is 35.5. The molecule has 0 saturated heterocycles. The van der Waals surface area contributed by atoms with Gasteiger partial charge in [-0.05, 0) is 37.4 Å². The molecule has 27 heavy (non-hydrogen) atoms. The Morgan fingerprint density at radius 2 is 1.26 bits per heavy atom. The first-order chi connectivity index (χ1) is 12.9. The molecule has 3 nitrogen and oxygen atoms in total. The Balaban J connectivity index is 2.46. The molecular weight excluding hydrogens is 354 g/mol. The van der Waals surface area contributed by atoms with Crippen LogP contribution in [0.4, 0.5) is 11.4 Å². The number of hydrogen-bond acceptors (Lipinski definition) is 3. The molecule has 0 aromatic heterocycles. The normalized spacial score (nSPS) is 11.6. The van der Waals surface area contributed by atoms with E-state index in [1.165, 1.54) is 0 Å². The molecule has 140 valence electrons. The standard InChI is InChI=1S/C23H26ClN3/c1-26(2)21-16-19(25)15-20(22(21)24)23(27(3)4,17-11-7-5-8-12-17)18-13-9-6-10-14-18/h5-16H,25H2,1-4H3. The van der Waals surface area contributed by atoms with Gasteiger partial charge >= 0.3 is 0 Å². The molecule has 0 saturated carbocycles. The minimum Gasteiger partial charge on any atom is -0.399 e. The molecule has 3 aromatic rings. The van der Waals surface area contributed by atoms with Crippen LogP contribution in [0.1, 0.15) is 16.7 Å². The van der Waals surface area contributed by atoms with Gasteiger partial charge in [0, 0.05) is 25.3 Å². The van der Waals surface area contributed by atoms with E-state index in [0.717, 1.165) is 22.4 Å². The van der Waals surface area contributed by atoms with E-state index in [4.69, 9.17) is 17.3 Å². The van der Waals surface area contributed by atoms with Crippen LogP contribution in [-0.4, -0.2) is 33.1 Å². The third kappa shape index (κ3) is 3.29. The lowest BCUT2D eigenvalue weighted by Crippen LogP contribution is -2.44. The summed E-state index contributed by atoms with van der Waals surface area (Å²) in [6, 6.07) is 24.8. The third-order valence-corrected chi connectivity index (χ3v) is 5.40. The molecule has 2 N–H and O–H groups in total. The Morgan fingerprint density at radius 1 is 0.778 bits per heavy atom. The van der Waals surface area contributed by atoms with E-state index in [9.17, 15) is 0 Å². The van der Waals surface area contributed by atoms with E-state index in [-0.39, 0.29) is 0 Å². The van der Waals surface area contributed by atoms with Gasteiger partial charge in [-0.1, -0.05) is 72.3 Å². The van der Waals surface area contributed by atoms with Gasteiger partial charge < -0.3 is 10.6 Å². The first-order valence-corrected chi connectivity index (χ1v) is 9.32. The van der Waals surface area contributed by atoms with Gasteiger partial charge in [0.15, 0.2) is 0 Å². The van der Waals surface area contributed by atoms with Crippen molar-refractivity contribution in [1.82, 2.24) is 4.90 Å². The molecule has 0 fully saturated rings. The van der Waals surface area contributed by atoms with Crippen LogP contribution >= 0.6 is 11.6 Å². The third-order valence-electron chi connectivity index (χ3n) is 5.00. The Morgan fingerprint density at radius 3 is 1.67 bits per heavy atom. The van der Waals surface area contributed by atoms with Gasteiger partial charge in [-0.25, -0.2) is 0 Å². The van der Waals surface area contributed by atoms with Crippen LogP contribution in [0.25, 0.3) is 0 Å². The summed E-state index contributed by atoms with van der Waals surface area (Å²) in [4.78, 5) is 4.20. The fourth-order valence-corrected chi connectivity index (χ4v) is 4.23. The van der Waals surface area contributed by atoms with E-state index in [0.29, 0.717) is 10.7 Å². The van der Waals surface area contributed by atoms with Crippen LogP contribution in [-0.2, 0) is 5.54 Å². The Labute approximate surface area is 167 Å². The molecule has 0 unspecified atom stereocenters. The van der Waals surface area contributed by atoms with E-state index in [1.807, 2.05) is 43.3 Å². The van der Waals surface area contributed by atoms with Gasteiger partial charge in [0.25, 0.3) is 0 Å². The predicted octanol–water partition coefficient (Wildman–Crippen LogP) is 4.84. The van der Waals surface area contributed by atoms with Crippen molar-refractivity contribution < 1.29 is 0 Å². The average Bonchev–Trinajstić information content (AvgIpc) is 2.66. The molecule has 0 amide bonds. The van der Waals surface area contributed by atoms with E-state index >= 15 is 0 Å². The van der Waals surface area contributed by atoms with Gasteiger partial charge in [-0.3, -0.25) is 4.90 Å². The SMILES string of the molecule is CN(C)c1cc(N)cc(C(c2ccccc2)(c2ccccc2)N(C)C)c1Cl.